The van der Waals surface area contributed by atoms with Gasteiger partial charge in [0.25, 0.3) is 10.0 Å². The molecule has 0 radical (unpaired) electrons. The van der Waals surface area contributed by atoms with Gasteiger partial charge in [-0.2, -0.15) is 0 Å². The summed E-state index contributed by atoms with van der Waals surface area (Å²) >= 11 is 0. The highest BCUT2D eigenvalue weighted by molar-refractivity contribution is 7.92. The largest absolute Gasteiger partial charge is 0.497 e. The second-order valence-corrected chi connectivity index (χ2v) is 10.1. The lowest BCUT2D eigenvalue weighted by Gasteiger charge is -2.16. The smallest absolute Gasteiger partial charge is 0.265 e. The van der Waals surface area contributed by atoms with Crippen LogP contribution in [0.5, 0.6) is 11.5 Å². The molecule has 0 fully saturated rings. The second-order valence-electron chi connectivity index (χ2n) is 8.41. The third kappa shape index (κ3) is 5.99. The minimum atomic E-state index is -4.08. The number of anilines is 4. The summed E-state index contributed by atoms with van der Waals surface area (Å²) < 4.78 is 40.7. The fraction of sp³-hybridized carbons (Fsp3) is 0.107. The third-order valence-corrected chi connectivity index (χ3v) is 7.18. The van der Waals surface area contributed by atoms with E-state index in [0.29, 0.717) is 40.5 Å². The number of hydrogen-bond donors (Lipinski definition) is 3. The summed E-state index contributed by atoms with van der Waals surface area (Å²) in [6.07, 6.45) is 1.69. The van der Waals surface area contributed by atoms with Gasteiger partial charge in [-0.25, -0.2) is 18.4 Å². The molecule has 0 saturated carbocycles. The lowest BCUT2D eigenvalue weighted by atomic mass is 10.2. The molecule has 11 heteroatoms. The van der Waals surface area contributed by atoms with Gasteiger partial charge in [-0.05, 0) is 36.4 Å². The molecule has 39 heavy (non-hydrogen) atoms. The average Bonchev–Trinajstić information content (AvgIpc) is 2.96. The van der Waals surface area contributed by atoms with E-state index in [2.05, 4.69) is 30.3 Å². The molecule has 0 spiro atoms. The highest BCUT2D eigenvalue weighted by Gasteiger charge is 2.22. The van der Waals surface area contributed by atoms with Gasteiger partial charge in [0.1, 0.15) is 16.4 Å². The maximum atomic E-state index is 13.7. The number of pyridine rings is 1. The number of ether oxygens (including phenoxy) is 2. The Morgan fingerprint density at radius 3 is 2.08 bits per heavy atom. The first-order valence-corrected chi connectivity index (χ1v) is 13.5. The zero-order valence-electron chi connectivity index (χ0n) is 21.3. The first-order valence-electron chi connectivity index (χ1n) is 12.0. The van der Waals surface area contributed by atoms with E-state index in [4.69, 9.17) is 9.47 Å². The Bertz CT molecular complexity index is 1690. The van der Waals surface area contributed by atoms with Gasteiger partial charge in [-0.15, -0.1) is 0 Å². The van der Waals surface area contributed by atoms with E-state index in [1.54, 1.807) is 68.9 Å². The van der Waals surface area contributed by atoms with Gasteiger partial charge in [0.05, 0.1) is 43.2 Å². The van der Waals surface area contributed by atoms with Gasteiger partial charge >= 0.3 is 0 Å². The standard InChI is InChI=1S/C28H26N6O4S/c1-37-21-15-20(16-22(17-21)38-2)31-27-28(33-24-11-4-3-10-23(24)32-27)34-39(35,36)26-13-6-5-12-25(26)30-18-19-9-7-8-14-29-19/h3-17,30H,18H2,1-2H3,(H,31,32)(H,33,34). The van der Waals surface area contributed by atoms with Crippen molar-refractivity contribution >= 4 is 44.1 Å². The van der Waals surface area contributed by atoms with E-state index in [1.165, 1.54) is 6.07 Å². The summed E-state index contributed by atoms with van der Waals surface area (Å²) in [5, 5.41) is 6.33. The first-order chi connectivity index (χ1) is 18.9. The molecule has 0 aliphatic carbocycles. The van der Waals surface area contributed by atoms with Crippen LogP contribution in [0.15, 0.2) is 96.0 Å². The van der Waals surface area contributed by atoms with Crippen LogP contribution in [0.25, 0.3) is 11.0 Å². The van der Waals surface area contributed by atoms with Gasteiger partial charge < -0.3 is 20.1 Å². The normalized spacial score (nSPS) is 11.1. The fourth-order valence-electron chi connectivity index (χ4n) is 3.89. The summed E-state index contributed by atoms with van der Waals surface area (Å²) in [5.74, 6) is 1.36. The van der Waals surface area contributed by atoms with Gasteiger partial charge in [-0.1, -0.05) is 30.3 Å². The summed E-state index contributed by atoms with van der Waals surface area (Å²) in [5.41, 5.74) is 2.91. The maximum Gasteiger partial charge on any atom is 0.265 e. The van der Waals surface area contributed by atoms with E-state index < -0.39 is 10.0 Å². The summed E-state index contributed by atoms with van der Waals surface area (Å²) in [6, 6.07) is 24.6. The SMILES string of the molecule is COc1cc(Nc2nc3ccccc3nc2NS(=O)(=O)c2ccccc2NCc2ccccn2)cc(OC)c1. The molecule has 3 aromatic carbocycles. The first kappa shape index (κ1) is 25.7. The molecule has 0 aliphatic heterocycles. The van der Waals surface area contributed by atoms with E-state index >= 15 is 0 Å². The molecule has 5 rings (SSSR count). The molecule has 0 aliphatic rings. The number of nitrogens with one attached hydrogen (secondary N) is 3. The third-order valence-electron chi connectivity index (χ3n) is 5.78. The number of sulfonamides is 1. The van der Waals surface area contributed by atoms with Crippen molar-refractivity contribution in [1.29, 1.82) is 0 Å². The molecule has 2 heterocycles. The predicted octanol–water partition coefficient (Wildman–Crippen LogP) is 5.20. The molecule has 5 aromatic rings. The number of methoxy groups -OCH3 is 2. The van der Waals surface area contributed by atoms with Crippen molar-refractivity contribution in [3.63, 3.8) is 0 Å². The van der Waals surface area contributed by atoms with Crippen molar-refractivity contribution in [2.75, 3.05) is 29.6 Å². The van der Waals surface area contributed by atoms with E-state index in [-0.39, 0.29) is 16.5 Å². The Morgan fingerprint density at radius 2 is 1.41 bits per heavy atom. The van der Waals surface area contributed by atoms with Crippen LogP contribution in [0.1, 0.15) is 5.69 Å². The van der Waals surface area contributed by atoms with Crippen LogP contribution in [-0.2, 0) is 16.6 Å². The number of fused-ring (bicyclic) bond motifs is 1. The molecular weight excluding hydrogens is 516 g/mol. The molecule has 0 amide bonds. The van der Waals surface area contributed by atoms with Crippen LogP contribution < -0.4 is 24.8 Å². The molecule has 0 unspecified atom stereocenters. The molecule has 198 valence electrons. The molecule has 2 aromatic heterocycles. The molecule has 0 saturated heterocycles. The number of para-hydroxylation sites is 3. The van der Waals surface area contributed by atoms with Crippen molar-refractivity contribution in [3.8, 4) is 11.5 Å². The fourth-order valence-corrected chi connectivity index (χ4v) is 5.09. The Morgan fingerprint density at radius 1 is 0.769 bits per heavy atom. The van der Waals surface area contributed by atoms with Gasteiger partial charge in [-0.3, -0.25) is 9.71 Å². The van der Waals surface area contributed by atoms with Crippen LogP contribution in [0.4, 0.5) is 23.0 Å². The van der Waals surface area contributed by atoms with E-state index in [9.17, 15) is 8.42 Å². The average molecular weight is 543 g/mol. The number of rotatable bonds is 10. The number of hydrogen-bond acceptors (Lipinski definition) is 9. The van der Waals surface area contributed by atoms with Crippen molar-refractivity contribution < 1.29 is 17.9 Å². The minimum Gasteiger partial charge on any atom is -0.497 e. The molecule has 10 nitrogen and oxygen atoms in total. The van der Waals surface area contributed by atoms with Crippen molar-refractivity contribution in [2.45, 2.75) is 11.4 Å². The van der Waals surface area contributed by atoms with Crippen molar-refractivity contribution in [1.82, 2.24) is 15.0 Å². The zero-order valence-corrected chi connectivity index (χ0v) is 22.1. The Balaban J connectivity index is 1.51. The Hall–Kier alpha value is -4.90. The van der Waals surface area contributed by atoms with Crippen LogP contribution in [0.3, 0.4) is 0 Å². The molecule has 3 N–H and O–H groups in total. The van der Waals surface area contributed by atoms with Crippen LogP contribution in [0.2, 0.25) is 0 Å². The van der Waals surface area contributed by atoms with E-state index in [0.717, 1.165) is 5.69 Å². The van der Waals surface area contributed by atoms with Crippen LogP contribution in [-0.4, -0.2) is 37.6 Å². The molecule has 0 bridgehead atoms. The van der Waals surface area contributed by atoms with E-state index in [1.807, 2.05) is 30.3 Å². The summed E-state index contributed by atoms with van der Waals surface area (Å²) in [7, 11) is -0.984. The van der Waals surface area contributed by atoms with Crippen molar-refractivity contribution in [2.24, 2.45) is 0 Å². The lowest BCUT2D eigenvalue weighted by molar-refractivity contribution is 0.395. The highest BCUT2D eigenvalue weighted by Crippen LogP contribution is 2.32. The number of nitrogens with zero attached hydrogens (tertiary/aromatic N) is 3. The molecular formula is C28H26N6O4S. The molecule has 0 atom stereocenters. The summed E-state index contributed by atoms with van der Waals surface area (Å²) in [6.45, 7) is 0.355. The van der Waals surface area contributed by atoms with Gasteiger partial charge in [0.15, 0.2) is 11.6 Å². The highest BCUT2D eigenvalue weighted by atomic mass is 32.2. The van der Waals surface area contributed by atoms with Crippen LogP contribution in [0, 0.1) is 0 Å². The van der Waals surface area contributed by atoms with Gasteiger partial charge in [0.2, 0.25) is 0 Å². The lowest BCUT2D eigenvalue weighted by Crippen LogP contribution is -2.18. The number of aromatic nitrogens is 3. The van der Waals surface area contributed by atoms with Gasteiger partial charge in [0, 0.05) is 30.1 Å². The van der Waals surface area contributed by atoms with Crippen molar-refractivity contribution in [3.05, 3.63) is 96.8 Å². The second kappa shape index (κ2) is 11.2. The topological polar surface area (TPSA) is 127 Å². The minimum absolute atomic E-state index is 0.0371. The Kier molecular flexibility index (Phi) is 7.41. The van der Waals surface area contributed by atoms with Crippen LogP contribution >= 0.6 is 0 Å². The maximum absolute atomic E-state index is 13.7. The quantitative estimate of drug-likeness (QED) is 0.218. The zero-order chi connectivity index (χ0) is 27.2. The predicted molar refractivity (Wildman–Crippen MR) is 151 cm³/mol. The monoisotopic (exact) mass is 542 g/mol. The number of benzene rings is 3. The summed E-state index contributed by atoms with van der Waals surface area (Å²) in [4.78, 5) is 13.6. The Labute approximate surface area is 226 Å².